The first-order valence-electron chi connectivity index (χ1n) is 6.07. The highest BCUT2D eigenvalue weighted by Crippen LogP contribution is 2.29. The maximum atomic E-state index is 4.67. The quantitative estimate of drug-likeness (QED) is 0.801. The number of thiophene rings is 1. The highest BCUT2D eigenvalue weighted by molar-refractivity contribution is 7.16. The minimum atomic E-state index is 0.893. The second kappa shape index (κ2) is 6.28. The minimum Gasteiger partial charge on any atom is -0.310 e. The zero-order valence-corrected chi connectivity index (χ0v) is 12.0. The summed E-state index contributed by atoms with van der Waals surface area (Å²) in [5.41, 5.74) is 1.13. The summed E-state index contributed by atoms with van der Waals surface area (Å²) in [7, 11) is 0. The topological polar surface area (TPSA) is 24.9 Å². The number of aryl methyl sites for hydroxylation is 1. The van der Waals surface area contributed by atoms with Crippen LogP contribution in [0, 0.1) is 0 Å². The Hall–Kier alpha value is -0.710. The molecule has 2 nitrogen and oxygen atoms in total. The van der Waals surface area contributed by atoms with Gasteiger partial charge in [0.05, 0.1) is 10.6 Å². The Bertz CT molecular complexity index is 459. The average Bonchev–Trinajstić information content (AvgIpc) is 2.97. The van der Waals surface area contributed by atoms with E-state index in [-0.39, 0.29) is 0 Å². The van der Waals surface area contributed by atoms with Crippen molar-refractivity contribution in [2.75, 3.05) is 6.54 Å². The van der Waals surface area contributed by atoms with Crippen LogP contribution < -0.4 is 5.32 Å². The SMILES string of the molecule is CCCNCc1nc(-c2ccc(CC)s2)cs1. The largest absolute Gasteiger partial charge is 0.310 e. The van der Waals surface area contributed by atoms with Crippen LogP contribution in [0.25, 0.3) is 10.6 Å². The fourth-order valence-corrected chi connectivity index (χ4v) is 3.33. The molecule has 2 rings (SSSR count). The second-order valence-electron chi connectivity index (χ2n) is 3.92. The van der Waals surface area contributed by atoms with Crippen molar-refractivity contribution in [1.29, 1.82) is 0 Å². The second-order valence-corrected chi connectivity index (χ2v) is 6.03. The van der Waals surface area contributed by atoms with E-state index in [2.05, 4.69) is 41.7 Å². The Balaban J connectivity index is 2.02. The van der Waals surface area contributed by atoms with Crippen LogP contribution in [0.2, 0.25) is 0 Å². The van der Waals surface area contributed by atoms with E-state index in [1.54, 1.807) is 11.3 Å². The summed E-state index contributed by atoms with van der Waals surface area (Å²) in [5.74, 6) is 0. The average molecular weight is 266 g/mol. The third-order valence-corrected chi connectivity index (χ3v) is 4.62. The van der Waals surface area contributed by atoms with Gasteiger partial charge in [0, 0.05) is 16.8 Å². The van der Waals surface area contributed by atoms with Gasteiger partial charge in [-0.05, 0) is 31.5 Å². The summed E-state index contributed by atoms with van der Waals surface area (Å²) in [6.45, 7) is 6.33. The molecule has 4 heteroatoms. The van der Waals surface area contributed by atoms with Gasteiger partial charge in [0.2, 0.25) is 0 Å². The molecule has 0 saturated carbocycles. The Morgan fingerprint density at radius 2 is 2.18 bits per heavy atom. The van der Waals surface area contributed by atoms with Gasteiger partial charge in [0.25, 0.3) is 0 Å². The third-order valence-electron chi connectivity index (χ3n) is 2.52. The van der Waals surface area contributed by atoms with Crippen molar-refractivity contribution < 1.29 is 0 Å². The zero-order chi connectivity index (χ0) is 12.1. The lowest BCUT2D eigenvalue weighted by molar-refractivity contribution is 0.673. The number of thiazole rings is 1. The van der Waals surface area contributed by atoms with E-state index in [0.29, 0.717) is 0 Å². The molecule has 17 heavy (non-hydrogen) atoms. The Morgan fingerprint density at radius 1 is 1.29 bits per heavy atom. The summed E-state index contributed by atoms with van der Waals surface area (Å²) < 4.78 is 0. The van der Waals surface area contributed by atoms with Crippen molar-refractivity contribution >= 4 is 22.7 Å². The van der Waals surface area contributed by atoms with Gasteiger partial charge in [0.1, 0.15) is 5.01 Å². The molecule has 0 unspecified atom stereocenters. The monoisotopic (exact) mass is 266 g/mol. The van der Waals surface area contributed by atoms with E-state index in [0.717, 1.165) is 25.2 Å². The maximum absolute atomic E-state index is 4.67. The lowest BCUT2D eigenvalue weighted by atomic mass is 10.3. The molecule has 0 aliphatic heterocycles. The van der Waals surface area contributed by atoms with Crippen LogP contribution in [0.4, 0.5) is 0 Å². The van der Waals surface area contributed by atoms with E-state index in [1.165, 1.54) is 21.2 Å². The van der Waals surface area contributed by atoms with E-state index in [1.807, 2.05) is 11.3 Å². The first-order valence-corrected chi connectivity index (χ1v) is 7.77. The number of rotatable bonds is 6. The molecule has 0 spiro atoms. The van der Waals surface area contributed by atoms with Gasteiger partial charge in [-0.2, -0.15) is 0 Å². The van der Waals surface area contributed by atoms with E-state index >= 15 is 0 Å². The van der Waals surface area contributed by atoms with Gasteiger partial charge < -0.3 is 5.32 Å². The van der Waals surface area contributed by atoms with Crippen LogP contribution >= 0.6 is 22.7 Å². The molecular weight excluding hydrogens is 248 g/mol. The van der Waals surface area contributed by atoms with Crippen molar-refractivity contribution in [3.8, 4) is 10.6 Å². The molecule has 2 heterocycles. The van der Waals surface area contributed by atoms with Crippen LogP contribution in [0.3, 0.4) is 0 Å². The van der Waals surface area contributed by atoms with Crippen LogP contribution in [0.5, 0.6) is 0 Å². The Labute approximate surface area is 111 Å². The molecular formula is C13H18N2S2. The predicted octanol–water partition coefficient (Wildman–Crippen LogP) is 3.93. The molecule has 0 atom stereocenters. The zero-order valence-electron chi connectivity index (χ0n) is 10.3. The lowest BCUT2D eigenvalue weighted by Gasteiger charge is -1.97. The normalized spacial score (nSPS) is 10.9. The highest BCUT2D eigenvalue weighted by atomic mass is 32.1. The molecule has 0 saturated heterocycles. The fourth-order valence-electron chi connectivity index (χ4n) is 1.58. The van der Waals surface area contributed by atoms with Crippen molar-refractivity contribution in [1.82, 2.24) is 10.3 Å². The molecule has 2 aromatic heterocycles. The van der Waals surface area contributed by atoms with E-state index in [9.17, 15) is 0 Å². The molecule has 0 aliphatic rings. The summed E-state index contributed by atoms with van der Waals surface area (Å²) >= 11 is 3.60. The summed E-state index contributed by atoms with van der Waals surface area (Å²) in [4.78, 5) is 7.39. The van der Waals surface area contributed by atoms with Crippen molar-refractivity contribution in [3.05, 3.63) is 27.4 Å². The minimum absolute atomic E-state index is 0.893. The first-order chi connectivity index (χ1) is 8.33. The molecule has 0 aliphatic carbocycles. The van der Waals surface area contributed by atoms with Gasteiger partial charge in [-0.25, -0.2) is 4.98 Å². The molecule has 0 aromatic carbocycles. The molecule has 92 valence electrons. The number of nitrogens with one attached hydrogen (secondary N) is 1. The van der Waals surface area contributed by atoms with Gasteiger partial charge in [-0.1, -0.05) is 13.8 Å². The smallest absolute Gasteiger partial charge is 0.107 e. The summed E-state index contributed by atoms with van der Waals surface area (Å²) in [5, 5.41) is 6.73. The molecule has 0 radical (unpaired) electrons. The summed E-state index contributed by atoms with van der Waals surface area (Å²) in [6.07, 6.45) is 2.28. The van der Waals surface area contributed by atoms with Crippen LogP contribution in [-0.4, -0.2) is 11.5 Å². The van der Waals surface area contributed by atoms with Gasteiger partial charge in [-0.15, -0.1) is 22.7 Å². The molecule has 0 amide bonds. The molecule has 2 aromatic rings. The fraction of sp³-hybridized carbons (Fsp3) is 0.462. The number of aromatic nitrogens is 1. The first kappa shape index (κ1) is 12.7. The van der Waals surface area contributed by atoms with Gasteiger partial charge >= 0.3 is 0 Å². The lowest BCUT2D eigenvalue weighted by Crippen LogP contribution is -2.13. The number of hydrogen-bond donors (Lipinski definition) is 1. The highest BCUT2D eigenvalue weighted by Gasteiger charge is 2.06. The van der Waals surface area contributed by atoms with Crippen molar-refractivity contribution in [2.24, 2.45) is 0 Å². The maximum Gasteiger partial charge on any atom is 0.107 e. The third kappa shape index (κ3) is 3.37. The van der Waals surface area contributed by atoms with E-state index in [4.69, 9.17) is 0 Å². The predicted molar refractivity (Wildman–Crippen MR) is 76.8 cm³/mol. The molecule has 0 bridgehead atoms. The van der Waals surface area contributed by atoms with Crippen LogP contribution in [0.15, 0.2) is 17.5 Å². The molecule has 1 N–H and O–H groups in total. The van der Waals surface area contributed by atoms with Crippen molar-refractivity contribution in [3.63, 3.8) is 0 Å². The Kier molecular flexibility index (Phi) is 4.71. The van der Waals surface area contributed by atoms with Crippen LogP contribution in [0.1, 0.15) is 30.2 Å². The standard InChI is InChI=1S/C13H18N2S2/c1-3-7-14-8-13-15-11(9-16-13)12-6-5-10(4-2)17-12/h5-6,9,14H,3-4,7-8H2,1-2H3. The van der Waals surface area contributed by atoms with Crippen molar-refractivity contribution in [2.45, 2.75) is 33.2 Å². The number of nitrogens with zero attached hydrogens (tertiary/aromatic N) is 1. The van der Waals surface area contributed by atoms with Crippen LogP contribution in [-0.2, 0) is 13.0 Å². The number of hydrogen-bond acceptors (Lipinski definition) is 4. The van der Waals surface area contributed by atoms with Gasteiger partial charge in [0.15, 0.2) is 0 Å². The van der Waals surface area contributed by atoms with Gasteiger partial charge in [-0.3, -0.25) is 0 Å². The summed E-state index contributed by atoms with van der Waals surface area (Å²) in [6, 6.07) is 4.39. The Morgan fingerprint density at radius 3 is 2.88 bits per heavy atom. The van der Waals surface area contributed by atoms with E-state index < -0.39 is 0 Å². The molecule has 0 fully saturated rings.